The third kappa shape index (κ3) is 4.86. The highest BCUT2D eigenvalue weighted by Crippen LogP contribution is 2.32. The molecule has 176 valence electrons. The van der Waals surface area contributed by atoms with Crippen LogP contribution in [0.2, 0.25) is 0 Å². The average molecular weight is 469 g/mol. The molecule has 1 N–H and O–H groups in total. The lowest BCUT2D eigenvalue weighted by Gasteiger charge is -2.29. The van der Waals surface area contributed by atoms with Gasteiger partial charge in [-0.1, -0.05) is 41.3 Å². The van der Waals surface area contributed by atoms with E-state index in [2.05, 4.69) is 22.3 Å². The van der Waals surface area contributed by atoms with Crippen LogP contribution >= 0.6 is 0 Å². The van der Waals surface area contributed by atoms with Gasteiger partial charge in [0.15, 0.2) is 0 Å². The van der Waals surface area contributed by atoms with E-state index >= 15 is 0 Å². The zero-order valence-corrected chi connectivity index (χ0v) is 19.4. The third-order valence-corrected chi connectivity index (χ3v) is 6.74. The minimum Gasteiger partial charge on any atom is -0.489 e. The number of benzene rings is 2. The lowest BCUT2D eigenvalue weighted by atomic mass is 9.81. The van der Waals surface area contributed by atoms with Gasteiger partial charge in [-0.15, -0.1) is 0 Å². The smallest absolute Gasteiger partial charge is 0.254 e. The predicted octanol–water partition coefficient (Wildman–Crippen LogP) is -0.554. The van der Waals surface area contributed by atoms with Gasteiger partial charge in [0, 0.05) is 37.2 Å². The number of hydrogen-bond donors (Lipinski definition) is 1. The van der Waals surface area contributed by atoms with Crippen LogP contribution in [0.4, 0.5) is 0 Å². The summed E-state index contributed by atoms with van der Waals surface area (Å²) < 4.78 is 11.5. The highest BCUT2D eigenvalue weighted by Gasteiger charge is 2.41. The van der Waals surface area contributed by atoms with Gasteiger partial charge in [0.2, 0.25) is 11.8 Å². The molecule has 2 fully saturated rings. The number of imide groups is 1. The van der Waals surface area contributed by atoms with Crippen molar-refractivity contribution in [3.8, 4) is 5.75 Å². The number of morpholine rings is 1. The summed E-state index contributed by atoms with van der Waals surface area (Å²) >= 11 is 0. The lowest BCUT2D eigenvalue weighted by Crippen LogP contribution is -2.52. The van der Waals surface area contributed by atoms with Crippen molar-refractivity contribution in [2.75, 3.05) is 26.3 Å². The molecule has 1 unspecified atom stereocenters. The molecule has 1 atom stereocenters. The van der Waals surface area contributed by atoms with Gasteiger partial charge in [-0.05, 0) is 17.5 Å². The molecular weight excluding hydrogens is 444 g/mol. The summed E-state index contributed by atoms with van der Waals surface area (Å²) in [6.07, 6.45) is 0.450. The molecule has 3 aliphatic heterocycles. The molecule has 0 bridgehead atoms. The number of rotatable bonds is 6. The number of hydrogen-bond acceptors (Lipinski definition) is 6. The van der Waals surface area contributed by atoms with Gasteiger partial charge in [0.25, 0.3) is 5.91 Å². The van der Waals surface area contributed by atoms with Crippen molar-refractivity contribution in [1.29, 1.82) is 0 Å². The molecule has 3 amide bonds. The summed E-state index contributed by atoms with van der Waals surface area (Å²) in [5.74, 6) is -0.771. The lowest BCUT2D eigenvalue weighted by molar-refractivity contribution is -0.136. The van der Waals surface area contributed by atoms with Gasteiger partial charge in [-0.25, -0.2) is 0 Å². The molecule has 8 nitrogen and oxygen atoms in total. The molecule has 0 spiro atoms. The number of amides is 3. The van der Waals surface area contributed by atoms with E-state index in [1.807, 2.05) is 12.1 Å². The van der Waals surface area contributed by atoms with E-state index < -0.39 is 11.9 Å². The molecule has 2 aromatic carbocycles. The van der Waals surface area contributed by atoms with Crippen molar-refractivity contribution in [1.82, 2.24) is 15.1 Å². The first-order valence-corrected chi connectivity index (χ1v) is 11.8. The second-order valence-corrected chi connectivity index (χ2v) is 9.13. The number of carbonyl (C=O) groups is 3. The minimum atomic E-state index is -0.736. The van der Waals surface area contributed by atoms with Gasteiger partial charge < -0.3 is 14.4 Å². The standard InChI is InChI=1S/C25H25B2N3O5/c26-18-11-19(27)23(17-13-30(25(33)22(17)18)20-5-6-21(31)28-24(20)32)35-14-16-3-1-15(2-4-16)12-29-7-9-34-10-8-29/h1-4,11,20H,5-10,12-14H2,(H,28,31,32). The van der Waals surface area contributed by atoms with Gasteiger partial charge in [0.1, 0.15) is 34.1 Å². The van der Waals surface area contributed by atoms with Crippen LogP contribution in [0.15, 0.2) is 30.3 Å². The maximum atomic E-state index is 13.2. The molecule has 0 aliphatic carbocycles. The van der Waals surface area contributed by atoms with Crippen LogP contribution in [0, 0.1) is 0 Å². The van der Waals surface area contributed by atoms with Crippen molar-refractivity contribution >= 4 is 44.3 Å². The molecule has 3 heterocycles. The molecule has 0 aromatic heterocycles. The summed E-state index contributed by atoms with van der Waals surface area (Å²) in [7, 11) is 12.4. The fraction of sp³-hybridized carbons (Fsp3) is 0.400. The largest absolute Gasteiger partial charge is 0.489 e. The predicted molar refractivity (Wildman–Crippen MR) is 130 cm³/mol. The summed E-state index contributed by atoms with van der Waals surface area (Å²) in [6.45, 7) is 4.68. The molecule has 4 radical (unpaired) electrons. The summed E-state index contributed by atoms with van der Waals surface area (Å²) in [5, 5.41) is 2.30. The van der Waals surface area contributed by atoms with Crippen molar-refractivity contribution in [3.63, 3.8) is 0 Å². The quantitative estimate of drug-likeness (QED) is 0.452. The molecule has 2 aromatic rings. The van der Waals surface area contributed by atoms with Crippen LogP contribution in [0.3, 0.4) is 0 Å². The number of carbonyl (C=O) groups excluding carboxylic acids is 3. The first-order valence-electron chi connectivity index (χ1n) is 11.8. The highest BCUT2D eigenvalue weighted by molar-refractivity contribution is 6.42. The van der Waals surface area contributed by atoms with Gasteiger partial charge >= 0.3 is 0 Å². The van der Waals surface area contributed by atoms with Crippen molar-refractivity contribution in [2.45, 2.75) is 38.6 Å². The van der Waals surface area contributed by atoms with Crippen LogP contribution in [-0.2, 0) is 34.0 Å². The molecule has 5 rings (SSSR count). The number of ether oxygens (including phenoxy) is 2. The topological polar surface area (TPSA) is 88.2 Å². The molecule has 10 heteroatoms. The number of nitrogens with one attached hydrogen (secondary N) is 1. The van der Waals surface area contributed by atoms with Crippen LogP contribution in [-0.4, -0.2) is 75.6 Å². The molecule has 35 heavy (non-hydrogen) atoms. The Kier molecular flexibility index (Phi) is 6.67. The maximum Gasteiger partial charge on any atom is 0.254 e. The summed E-state index contributed by atoms with van der Waals surface area (Å²) in [5.41, 5.74) is 3.64. The Morgan fingerprint density at radius 3 is 2.46 bits per heavy atom. The van der Waals surface area contributed by atoms with Crippen LogP contribution in [0.1, 0.15) is 39.9 Å². The Balaban J connectivity index is 1.30. The van der Waals surface area contributed by atoms with E-state index in [1.54, 1.807) is 0 Å². The molecular formula is C25H25B2N3O5. The second kappa shape index (κ2) is 9.87. The van der Waals surface area contributed by atoms with Gasteiger partial charge in [0.05, 0.1) is 19.8 Å². The fourth-order valence-electron chi connectivity index (χ4n) is 4.87. The monoisotopic (exact) mass is 469 g/mol. The maximum absolute atomic E-state index is 13.2. The zero-order valence-electron chi connectivity index (χ0n) is 19.4. The highest BCUT2D eigenvalue weighted by atomic mass is 16.5. The van der Waals surface area contributed by atoms with Crippen LogP contribution < -0.4 is 21.0 Å². The minimum absolute atomic E-state index is 0.142. The van der Waals surface area contributed by atoms with E-state index in [1.165, 1.54) is 16.5 Å². The first kappa shape index (κ1) is 23.6. The van der Waals surface area contributed by atoms with Gasteiger partial charge in [-0.2, -0.15) is 0 Å². The van der Waals surface area contributed by atoms with E-state index in [0.717, 1.165) is 38.4 Å². The van der Waals surface area contributed by atoms with E-state index in [0.29, 0.717) is 22.3 Å². The Morgan fingerprint density at radius 1 is 1.03 bits per heavy atom. The Bertz CT molecular complexity index is 1160. The zero-order chi connectivity index (χ0) is 24.5. The van der Waals surface area contributed by atoms with Crippen LogP contribution in [0.5, 0.6) is 5.75 Å². The summed E-state index contributed by atoms with van der Waals surface area (Å²) in [6, 6.07) is 8.98. The Labute approximate surface area is 206 Å². The first-order chi connectivity index (χ1) is 16.9. The average Bonchev–Trinajstić information content (AvgIpc) is 3.18. The van der Waals surface area contributed by atoms with E-state index in [9.17, 15) is 14.4 Å². The number of piperidine rings is 1. The third-order valence-electron chi connectivity index (χ3n) is 6.74. The number of nitrogens with zero attached hydrogens (tertiary/aromatic N) is 2. The van der Waals surface area contributed by atoms with Crippen molar-refractivity contribution in [2.24, 2.45) is 0 Å². The van der Waals surface area contributed by atoms with Crippen molar-refractivity contribution in [3.05, 3.63) is 52.6 Å². The second-order valence-electron chi connectivity index (χ2n) is 9.13. The summed E-state index contributed by atoms with van der Waals surface area (Å²) in [4.78, 5) is 40.9. The van der Waals surface area contributed by atoms with Gasteiger partial charge in [-0.3, -0.25) is 24.6 Å². The van der Waals surface area contributed by atoms with E-state index in [-0.39, 0.29) is 43.3 Å². The molecule has 2 saturated heterocycles. The van der Waals surface area contributed by atoms with Crippen LogP contribution in [0.25, 0.3) is 0 Å². The Morgan fingerprint density at radius 2 is 1.74 bits per heavy atom. The fourth-order valence-corrected chi connectivity index (χ4v) is 4.87. The van der Waals surface area contributed by atoms with Crippen molar-refractivity contribution < 1.29 is 23.9 Å². The SMILES string of the molecule is [B]c1cc([B])c2c(c1OCc1ccc(CN3CCOCC3)cc1)CN(C1CCC(=O)NC1=O)C2=O. The Hall–Kier alpha value is -3.10. The number of fused-ring (bicyclic) bond motifs is 1. The van der Waals surface area contributed by atoms with E-state index in [4.69, 9.17) is 25.2 Å². The molecule has 0 saturated carbocycles. The normalized spacial score (nSPS) is 20.6. The molecule has 3 aliphatic rings.